The minimum Gasteiger partial charge on any atom is -0.324 e. The largest absolute Gasteiger partial charge is 0.324 e. The molecule has 5 nitrogen and oxygen atoms in total. The second-order valence-corrected chi connectivity index (χ2v) is 8.87. The molecule has 1 aliphatic heterocycles. The number of anilines is 1. The van der Waals surface area contributed by atoms with Crippen molar-refractivity contribution in [1.82, 2.24) is 4.90 Å². The molecule has 3 aromatic rings. The Morgan fingerprint density at radius 2 is 1.66 bits per heavy atom. The molecule has 0 saturated carbocycles. The highest BCUT2D eigenvalue weighted by atomic mass is 35.5. The number of halogens is 1. The molecule has 1 atom stereocenters. The van der Waals surface area contributed by atoms with Crippen molar-refractivity contribution in [2.45, 2.75) is 18.1 Å². The van der Waals surface area contributed by atoms with E-state index in [2.05, 4.69) is 5.32 Å². The molecule has 1 N–H and O–H groups in total. The highest BCUT2D eigenvalue weighted by Crippen LogP contribution is 2.31. The molecule has 2 amide bonds. The van der Waals surface area contributed by atoms with E-state index in [1.807, 2.05) is 60.7 Å². The Morgan fingerprint density at radius 1 is 1.00 bits per heavy atom. The van der Waals surface area contributed by atoms with Crippen LogP contribution in [0.25, 0.3) is 0 Å². The number of carbonyl (C=O) groups excluding carboxylic acids is 2. The van der Waals surface area contributed by atoms with Crippen LogP contribution in [0.1, 0.15) is 12.0 Å². The molecule has 1 saturated heterocycles. The van der Waals surface area contributed by atoms with Crippen molar-refractivity contribution in [3.63, 3.8) is 0 Å². The van der Waals surface area contributed by atoms with Crippen LogP contribution in [0.15, 0.2) is 89.9 Å². The molecule has 0 aromatic heterocycles. The summed E-state index contributed by atoms with van der Waals surface area (Å²) in [5.74, 6) is -0.381. The lowest BCUT2D eigenvalue weighted by Crippen LogP contribution is -2.46. The smallest absolute Gasteiger partial charge is 0.238 e. The standard InChI is InChI=1S/C25H22ClN3O2S/c26-20-13-7-8-14-21(20)28-24(31)22-17-23(30)29(16-15-18-9-3-1-4-10-18)25(32-22)27-19-11-5-2-6-12-19/h1-14,22H,15-17H2,(H,28,31). The zero-order valence-electron chi connectivity index (χ0n) is 17.3. The molecule has 1 fully saturated rings. The molecule has 7 heteroatoms. The summed E-state index contributed by atoms with van der Waals surface area (Å²) in [5.41, 5.74) is 2.41. The van der Waals surface area contributed by atoms with Crippen LogP contribution in [0.3, 0.4) is 0 Å². The Kier molecular flexibility index (Phi) is 7.24. The maximum atomic E-state index is 13.1. The van der Waals surface area contributed by atoms with Crippen molar-refractivity contribution in [1.29, 1.82) is 0 Å². The summed E-state index contributed by atoms with van der Waals surface area (Å²) in [6, 6.07) is 26.5. The van der Waals surface area contributed by atoms with Gasteiger partial charge in [-0.1, -0.05) is 84.0 Å². The first-order valence-electron chi connectivity index (χ1n) is 10.3. The molecule has 0 aliphatic carbocycles. The van der Waals surface area contributed by atoms with Crippen molar-refractivity contribution in [2.75, 3.05) is 11.9 Å². The third-order valence-electron chi connectivity index (χ3n) is 5.01. The van der Waals surface area contributed by atoms with Crippen LogP contribution in [0.4, 0.5) is 11.4 Å². The zero-order chi connectivity index (χ0) is 22.3. The van der Waals surface area contributed by atoms with Crippen molar-refractivity contribution >= 4 is 51.7 Å². The van der Waals surface area contributed by atoms with Gasteiger partial charge in [-0.15, -0.1) is 0 Å². The molecule has 1 heterocycles. The van der Waals surface area contributed by atoms with Gasteiger partial charge in [-0.2, -0.15) is 0 Å². The Hall–Kier alpha value is -3.09. The van der Waals surface area contributed by atoms with E-state index in [9.17, 15) is 9.59 Å². The summed E-state index contributed by atoms with van der Waals surface area (Å²) in [6.45, 7) is 0.500. The molecule has 1 unspecified atom stereocenters. The van der Waals surface area contributed by atoms with E-state index in [0.717, 1.165) is 11.3 Å². The highest BCUT2D eigenvalue weighted by Gasteiger charge is 2.36. The van der Waals surface area contributed by atoms with Gasteiger partial charge in [0.15, 0.2) is 5.17 Å². The average molecular weight is 464 g/mol. The average Bonchev–Trinajstić information content (AvgIpc) is 2.81. The molecule has 32 heavy (non-hydrogen) atoms. The van der Waals surface area contributed by atoms with Gasteiger partial charge in [-0.25, -0.2) is 4.99 Å². The molecule has 0 spiro atoms. The van der Waals surface area contributed by atoms with Crippen LogP contribution in [0, 0.1) is 0 Å². The number of aliphatic imine (C=N–C) groups is 1. The lowest BCUT2D eigenvalue weighted by atomic mass is 10.1. The molecule has 0 bridgehead atoms. The minimum atomic E-state index is -0.589. The van der Waals surface area contributed by atoms with Gasteiger partial charge in [-0.3, -0.25) is 14.5 Å². The number of nitrogens with zero attached hydrogens (tertiary/aromatic N) is 2. The molecule has 1 aliphatic rings. The number of hydrogen-bond acceptors (Lipinski definition) is 4. The van der Waals surface area contributed by atoms with Crippen LogP contribution >= 0.6 is 23.4 Å². The SMILES string of the molecule is O=C(Nc1ccccc1Cl)C1CC(=O)N(CCc2ccccc2)C(=Nc2ccccc2)S1. The van der Waals surface area contributed by atoms with E-state index in [1.165, 1.54) is 11.8 Å². The Morgan fingerprint density at radius 3 is 2.38 bits per heavy atom. The number of benzene rings is 3. The van der Waals surface area contributed by atoms with Crippen LogP contribution < -0.4 is 5.32 Å². The Labute approximate surface area is 196 Å². The van der Waals surface area contributed by atoms with Crippen LogP contribution in [0.5, 0.6) is 0 Å². The van der Waals surface area contributed by atoms with E-state index in [0.29, 0.717) is 28.8 Å². The van der Waals surface area contributed by atoms with Gasteiger partial charge in [0.2, 0.25) is 11.8 Å². The van der Waals surface area contributed by atoms with Crippen molar-refractivity contribution in [2.24, 2.45) is 4.99 Å². The number of amides is 2. The summed E-state index contributed by atoms with van der Waals surface area (Å²) in [6.07, 6.45) is 0.807. The molecule has 162 valence electrons. The van der Waals surface area contributed by atoms with Gasteiger partial charge >= 0.3 is 0 Å². The predicted molar refractivity (Wildman–Crippen MR) is 131 cm³/mol. The Balaban J connectivity index is 1.54. The maximum absolute atomic E-state index is 13.1. The number of amidine groups is 1. The van der Waals surface area contributed by atoms with Gasteiger partial charge in [0, 0.05) is 13.0 Å². The number of hydrogen-bond donors (Lipinski definition) is 1. The monoisotopic (exact) mass is 463 g/mol. The first-order chi connectivity index (χ1) is 15.6. The molecule has 4 rings (SSSR count). The fourth-order valence-corrected chi connectivity index (χ4v) is 4.64. The predicted octanol–water partition coefficient (Wildman–Crippen LogP) is 5.54. The summed E-state index contributed by atoms with van der Waals surface area (Å²) < 4.78 is 0. The van der Waals surface area contributed by atoms with Crippen LogP contribution in [-0.4, -0.2) is 33.7 Å². The first-order valence-corrected chi connectivity index (χ1v) is 11.6. The third-order valence-corrected chi connectivity index (χ3v) is 6.53. The molecule has 3 aromatic carbocycles. The summed E-state index contributed by atoms with van der Waals surface area (Å²) in [5, 5.41) is 3.24. The number of nitrogens with one attached hydrogen (secondary N) is 1. The maximum Gasteiger partial charge on any atom is 0.238 e. The summed E-state index contributed by atoms with van der Waals surface area (Å²) in [7, 11) is 0. The third kappa shape index (κ3) is 5.58. The van der Waals surface area contributed by atoms with Gasteiger partial charge < -0.3 is 5.32 Å². The summed E-state index contributed by atoms with van der Waals surface area (Å²) >= 11 is 7.48. The highest BCUT2D eigenvalue weighted by molar-refractivity contribution is 8.15. The second kappa shape index (κ2) is 10.5. The number of carbonyl (C=O) groups is 2. The van der Waals surface area contributed by atoms with E-state index < -0.39 is 5.25 Å². The summed E-state index contributed by atoms with van der Waals surface area (Å²) in [4.78, 5) is 32.4. The van der Waals surface area contributed by atoms with E-state index in [1.54, 1.807) is 29.2 Å². The fraction of sp³-hybridized carbons (Fsp3) is 0.160. The number of rotatable bonds is 6. The quantitative estimate of drug-likeness (QED) is 0.521. The zero-order valence-corrected chi connectivity index (χ0v) is 18.9. The first kappa shape index (κ1) is 22.1. The lowest BCUT2D eigenvalue weighted by Gasteiger charge is -2.32. The van der Waals surface area contributed by atoms with E-state index in [-0.39, 0.29) is 18.2 Å². The molecular formula is C25H22ClN3O2S. The normalized spacial score (nSPS) is 17.4. The topological polar surface area (TPSA) is 61.8 Å². The Bertz CT molecular complexity index is 1120. The van der Waals surface area contributed by atoms with Gasteiger partial charge in [0.25, 0.3) is 0 Å². The van der Waals surface area contributed by atoms with Gasteiger partial charge in [0.1, 0.15) is 5.25 Å². The fourth-order valence-electron chi connectivity index (χ4n) is 3.34. The van der Waals surface area contributed by atoms with Crippen LogP contribution in [0.2, 0.25) is 5.02 Å². The number of thioether (sulfide) groups is 1. The number of para-hydroxylation sites is 2. The minimum absolute atomic E-state index is 0.101. The van der Waals surface area contributed by atoms with Gasteiger partial charge in [0.05, 0.1) is 16.4 Å². The van der Waals surface area contributed by atoms with Crippen molar-refractivity contribution < 1.29 is 9.59 Å². The molecule has 0 radical (unpaired) electrons. The van der Waals surface area contributed by atoms with Crippen LogP contribution in [-0.2, 0) is 16.0 Å². The van der Waals surface area contributed by atoms with E-state index in [4.69, 9.17) is 16.6 Å². The van der Waals surface area contributed by atoms with Crippen molar-refractivity contribution in [3.05, 3.63) is 95.5 Å². The lowest BCUT2D eigenvalue weighted by molar-refractivity contribution is -0.129. The molecular weight excluding hydrogens is 442 g/mol. The van der Waals surface area contributed by atoms with Crippen molar-refractivity contribution in [3.8, 4) is 0 Å². The second-order valence-electron chi connectivity index (χ2n) is 7.29. The van der Waals surface area contributed by atoms with E-state index >= 15 is 0 Å². The van der Waals surface area contributed by atoms with Gasteiger partial charge in [-0.05, 0) is 36.2 Å².